The second kappa shape index (κ2) is 6.57. The van der Waals surface area contributed by atoms with Crippen LogP contribution in [0.3, 0.4) is 0 Å². The van der Waals surface area contributed by atoms with Crippen molar-refractivity contribution in [1.82, 2.24) is 10.2 Å². The van der Waals surface area contributed by atoms with Crippen LogP contribution in [0.4, 0.5) is 4.39 Å². The predicted molar refractivity (Wildman–Crippen MR) is 86.9 cm³/mol. The van der Waals surface area contributed by atoms with Gasteiger partial charge in [-0.2, -0.15) is 0 Å². The first-order valence-electron chi connectivity index (χ1n) is 8.36. The van der Waals surface area contributed by atoms with Gasteiger partial charge in [0.15, 0.2) is 0 Å². The van der Waals surface area contributed by atoms with Crippen molar-refractivity contribution in [2.45, 2.75) is 45.4 Å². The molecule has 0 spiro atoms. The third kappa shape index (κ3) is 3.56. The Bertz CT molecular complexity index is 590. The van der Waals surface area contributed by atoms with Crippen molar-refractivity contribution in [3.8, 4) is 0 Å². The molecule has 0 saturated carbocycles. The fraction of sp³-hybridized carbons (Fsp3) is 0.611. The Balaban J connectivity index is 1.59. The van der Waals surface area contributed by atoms with Gasteiger partial charge in [-0.1, -0.05) is 19.9 Å². The molecule has 1 N–H and O–H groups in total. The van der Waals surface area contributed by atoms with E-state index in [0.29, 0.717) is 23.1 Å². The van der Waals surface area contributed by atoms with Crippen LogP contribution in [0.25, 0.3) is 0 Å². The van der Waals surface area contributed by atoms with Gasteiger partial charge in [-0.25, -0.2) is 4.39 Å². The van der Waals surface area contributed by atoms with Gasteiger partial charge in [-0.3, -0.25) is 9.69 Å². The highest BCUT2D eigenvalue weighted by Gasteiger charge is 2.38. The van der Waals surface area contributed by atoms with Gasteiger partial charge in [0.05, 0.1) is 12.7 Å². The zero-order valence-corrected chi connectivity index (χ0v) is 14.0. The van der Waals surface area contributed by atoms with Crippen LogP contribution in [0.5, 0.6) is 0 Å². The Morgan fingerprint density at radius 1 is 1.39 bits per heavy atom. The van der Waals surface area contributed by atoms with Crippen molar-refractivity contribution in [2.24, 2.45) is 5.92 Å². The monoisotopic (exact) mass is 320 g/mol. The SMILES string of the molecule is Cc1ccc(C(=O)N[C@H]2C[C@H]3CO[C@H](C(C)C)CN3C2)cc1F. The maximum absolute atomic E-state index is 13.6. The van der Waals surface area contributed by atoms with Gasteiger partial charge < -0.3 is 10.1 Å². The molecule has 2 aliphatic rings. The van der Waals surface area contributed by atoms with Crippen LogP contribution in [-0.4, -0.2) is 48.7 Å². The van der Waals surface area contributed by atoms with E-state index < -0.39 is 0 Å². The van der Waals surface area contributed by atoms with Crippen LogP contribution >= 0.6 is 0 Å². The Morgan fingerprint density at radius 3 is 2.87 bits per heavy atom. The summed E-state index contributed by atoms with van der Waals surface area (Å²) in [5.41, 5.74) is 0.936. The number of carbonyl (C=O) groups is 1. The average Bonchev–Trinajstić information content (AvgIpc) is 2.90. The number of amides is 1. The molecule has 2 heterocycles. The Labute approximate surface area is 137 Å². The largest absolute Gasteiger partial charge is 0.375 e. The molecule has 0 bridgehead atoms. The molecular weight excluding hydrogens is 295 g/mol. The summed E-state index contributed by atoms with van der Waals surface area (Å²) in [6, 6.07) is 5.11. The quantitative estimate of drug-likeness (QED) is 0.929. The molecular formula is C18H25FN2O2. The fourth-order valence-electron chi connectivity index (χ4n) is 3.41. The number of fused-ring (bicyclic) bond motifs is 1. The Hall–Kier alpha value is -1.46. The molecule has 5 heteroatoms. The molecule has 2 aliphatic heterocycles. The van der Waals surface area contributed by atoms with E-state index in [4.69, 9.17) is 4.74 Å². The van der Waals surface area contributed by atoms with Crippen molar-refractivity contribution in [2.75, 3.05) is 19.7 Å². The van der Waals surface area contributed by atoms with Crippen LogP contribution in [0.2, 0.25) is 0 Å². The Kier molecular flexibility index (Phi) is 4.69. The van der Waals surface area contributed by atoms with Crippen LogP contribution in [0.15, 0.2) is 18.2 Å². The summed E-state index contributed by atoms with van der Waals surface area (Å²) in [5.74, 6) is -0.0372. The van der Waals surface area contributed by atoms with E-state index in [1.807, 2.05) is 0 Å². The molecule has 1 amide bonds. The van der Waals surface area contributed by atoms with E-state index in [1.54, 1.807) is 19.1 Å². The van der Waals surface area contributed by atoms with Crippen molar-refractivity contribution < 1.29 is 13.9 Å². The number of hydrogen-bond acceptors (Lipinski definition) is 3. The lowest BCUT2D eigenvalue weighted by molar-refractivity contribution is -0.0683. The van der Waals surface area contributed by atoms with Crippen LogP contribution in [0.1, 0.15) is 36.2 Å². The van der Waals surface area contributed by atoms with Gasteiger partial charge in [0.25, 0.3) is 5.91 Å². The van der Waals surface area contributed by atoms with E-state index in [2.05, 4.69) is 24.1 Å². The summed E-state index contributed by atoms with van der Waals surface area (Å²) in [6.45, 7) is 8.54. The molecule has 2 fully saturated rings. The summed E-state index contributed by atoms with van der Waals surface area (Å²) in [4.78, 5) is 14.7. The van der Waals surface area contributed by atoms with Gasteiger partial charge in [0.1, 0.15) is 5.82 Å². The second-order valence-corrected chi connectivity index (χ2v) is 7.09. The number of carbonyl (C=O) groups excluding carboxylic acids is 1. The van der Waals surface area contributed by atoms with E-state index >= 15 is 0 Å². The first kappa shape index (κ1) is 16.4. The highest BCUT2D eigenvalue weighted by molar-refractivity contribution is 5.94. The predicted octanol–water partition coefficient (Wildman–Crippen LogP) is 2.36. The van der Waals surface area contributed by atoms with Crippen LogP contribution < -0.4 is 5.32 Å². The van der Waals surface area contributed by atoms with Crippen LogP contribution in [0, 0.1) is 18.7 Å². The fourth-order valence-corrected chi connectivity index (χ4v) is 3.41. The molecule has 0 unspecified atom stereocenters. The summed E-state index contributed by atoms with van der Waals surface area (Å²) in [5, 5.41) is 3.04. The van der Waals surface area contributed by atoms with E-state index in [9.17, 15) is 9.18 Å². The third-order valence-corrected chi connectivity index (χ3v) is 4.96. The first-order chi connectivity index (χ1) is 10.9. The lowest BCUT2D eigenvalue weighted by Gasteiger charge is -2.36. The van der Waals surface area contributed by atoms with Gasteiger partial charge in [0.2, 0.25) is 0 Å². The molecule has 0 radical (unpaired) electrons. The number of hydrogen-bond donors (Lipinski definition) is 1. The number of ether oxygens (including phenoxy) is 1. The van der Waals surface area contributed by atoms with Crippen molar-refractivity contribution >= 4 is 5.91 Å². The minimum absolute atomic E-state index is 0.103. The van der Waals surface area contributed by atoms with E-state index in [1.165, 1.54) is 6.07 Å². The lowest BCUT2D eigenvalue weighted by Crippen LogP contribution is -2.48. The van der Waals surface area contributed by atoms with E-state index in [-0.39, 0.29) is 23.9 Å². The number of nitrogens with one attached hydrogen (secondary N) is 1. The van der Waals surface area contributed by atoms with Gasteiger partial charge >= 0.3 is 0 Å². The number of rotatable bonds is 3. The van der Waals surface area contributed by atoms with E-state index in [0.717, 1.165) is 26.1 Å². The summed E-state index contributed by atoms with van der Waals surface area (Å²) >= 11 is 0. The summed E-state index contributed by atoms with van der Waals surface area (Å²) in [6.07, 6.45) is 1.16. The zero-order valence-electron chi connectivity index (χ0n) is 14.0. The molecule has 1 aromatic rings. The molecule has 4 nitrogen and oxygen atoms in total. The van der Waals surface area contributed by atoms with Crippen molar-refractivity contribution in [1.29, 1.82) is 0 Å². The molecule has 3 atom stereocenters. The average molecular weight is 320 g/mol. The zero-order chi connectivity index (χ0) is 16.6. The highest BCUT2D eigenvalue weighted by atomic mass is 19.1. The van der Waals surface area contributed by atoms with Crippen molar-refractivity contribution in [3.63, 3.8) is 0 Å². The minimum Gasteiger partial charge on any atom is -0.375 e. The maximum Gasteiger partial charge on any atom is 0.251 e. The highest BCUT2D eigenvalue weighted by Crippen LogP contribution is 2.26. The molecule has 3 rings (SSSR count). The van der Waals surface area contributed by atoms with Gasteiger partial charge in [0, 0.05) is 30.7 Å². The second-order valence-electron chi connectivity index (χ2n) is 7.09. The summed E-state index contributed by atoms with van der Waals surface area (Å²) < 4.78 is 19.5. The van der Waals surface area contributed by atoms with Gasteiger partial charge in [-0.05, 0) is 37.0 Å². The molecule has 23 heavy (non-hydrogen) atoms. The van der Waals surface area contributed by atoms with Gasteiger partial charge in [-0.15, -0.1) is 0 Å². The maximum atomic E-state index is 13.6. The smallest absolute Gasteiger partial charge is 0.251 e. The Morgan fingerprint density at radius 2 is 2.17 bits per heavy atom. The lowest BCUT2D eigenvalue weighted by atomic mass is 10.0. The standard InChI is InChI=1S/C18H25FN2O2/c1-11(2)17-9-21-8-14(7-15(21)10-23-17)20-18(22)13-5-4-12(3)16(19)6-13/h4-6,11,14-15,17H,7-10H2,1-3H3,(H,20,22)/t14-,15-,17-/m0/s1. The van der Waals surface area contributed by atoms with Crippen LogP contribution in [-0.2, 0) is 4.74 Å². The summed E-state index contributed by atoms with van der Waals surface area (Å²) in [7, 11) is 0. The molecule has 2 saturated heterocycles. The molecule has 126 valence electrons. The third-order valence-electron chi connectivity index (χ3n) is 4.96. The number of halogens is 1. The number of benzene rings is 1. The van der Waals surface area contributed by atoms with Crippen molar-refractivity contribution in [3.05, 3.63) is 35.1 Å². The normalized spacial score (nSPS) is 28.0. The molecule has 0 aromatic heterocycles. The number of nitrogens with zero attached hydrogens (tertiary/aromatic N) is 1. The minimum atomic E-state index is -0.338. The topological polar surface area (TPSA) is 41.6 Å². The first-order valence-corrected chi connectivity index (χ1v) is 8.36. The molecule has 1 aromatic carbocycles. The molecule has 0 aliphatic carbocycles. The number of morpholine rings is 1. The number of aryl methyl sites for hydroxylation is 1.